The standard InChI is InChI=1S/C20H18N4O/c1-22-15-9-7-13(8-10-15)20-16-11-14(21)12-17(16)23-24(20)18-5-3-4-6-19(18)25-2/h3-10,14H,11-12,21H2,2H3/t14-/m0/s1. The van der Waals surface area contributed by atoms with Crippen LogP contribution < -0.4 is 10.5 Å². The zero-order valence-electron chi connectivity index (χ0n) is 13.9. The third kappa shape index (κ3) is 2.57. The van der Waals surface area contributed by atoms with Gasteiger partial charge >= 0.3 is 0 Å². The van der Waals surface area contributed by atoms with Gasteiger partial charge in [0, 0.05) is 18.0 Å². The lowest BCUT2D eigenvalue weighted by Gasteiger charge is -2.14. The van der Waals surface area contributed by atoms with Crippen LogP contribution in [0.15, 0.2) is 48.5 Å². The van der Waals surface area contributed by atoms with Crippen LogP contribution in [-0.2, 0) is 12.8 Å². The van der Waals surface area contributed by atoms with Crippen molar-refractivity contribution in [1.29, 1.82) is 0 Å². The molecule has 0 spiro atoms. The van der Waals surface area contributed by atoms with Crippen molar-refractivity contribution in [3.63, 3.8) is 0 Å². The van der Waals surface area contributed by atoms with E-state index in [-0.39, 0.29) is 6.04 Å². The Kier molecular flexibility index (Phi) is 3.75. The van der Waals surface area contributed by atoms with Crippen LogP contribution in [0.1, 0.15) is 11.3 Å². The van der Waals surface area contributed by atoms with Crippen LogP contribution in [0.3, 0.4) is 0 Å². The molecule has 5 nitrogen and oxygen atoms in total. The Morgan fingerprint density at radius 3 is 2.64 bits per heavy atom. The molecule has 25 heavy (non-hydrogen) atoms. The molecule has 1 aromatic heterocycles. The molecular formula is C20H18N4O. The minimum absolute atomic E-state index is 0.117. The number of nitrogens with two attached hydrogens (primary N) is 1. The summed E-state index contributed by atoms with van der Waals surface area (Å²) < 4.78 is 7.47. The predicted octanol–water partition coefficient (Wildman–Crippen LogP) is 3.52. The maximum Gasteiger partial charge on any atom is 0.187 e. The molecule has 0 fully saturated rings. The summed E-state index contributed by atoms with van der Waals surface area (Å²) in [6, 6.07) is 15.6. The Hall–Kier alpha value is -3.10. The van der Waals surface area contributed by atoms with E-state index < -0.39 is 0 Å². The molecule has 2 aromatic carbocycles. The summed E-state index contributed by atoms with van der Waals surface area (Å²) in [6.07, 6.45) is 1.59. The van der Waals surface area contributed by atoms with Crippen molar-refractivity contribution < 1.29 is 4.74 Å². The molecule has 0 amide bonds. The third-order valence-electron chi connectivity index (χ3n) is 4.57. The molecule has 0 aliphatic heterocycles. The number of nitrogens with zero attached hydrogens (tertiary/aromatic N) is 3. The highest BCUT2D eigenvalue weighted by molar-refractivity contribution is 5.71. The van der Waals surface area contributed by atoms with Gasteiger partial charge in [0.1, 0.15) is 11.4 Å². The zero-order chi connectivity index (χ0) is 17.4. The van der Waals surface area contributed by atoms with Gasteiger partial charge < -0.3 is 10.5 Å². The van der Waals surface area contributed by atoms with E-state index >= 15 is 0 Å². The number of benzene rings is 2. The highest BCUT2D eigenvalue weighted by Gasteiger charge is 2.28. The smallest absolute Gasteiger partial charge is 0.187 e. The summed E-state index contributed by atoms with van der Waals surface area (Å²) >= 11 is 0. The fourth-order valence-corrected chi connectivity index (χ4v) is 3.43. The van der Waals surface area contributed by atoms with E-state index in [1.807, 2.05) is 53.2 Å². The summed E-state index contributed by atoms with van der Waals surface area (Å²) in [5, 5.41) is 4.84. The number of ether oxygens (including phenoxy) is 1. The van der Waals surface area contributed by atoms with Gasteiger partial charge in [-0.1, -0.05) is 36.4 Å². The molecule has 4 rings (SSSR count). The van der Waals surface area contributed by atoms with Crippen molar-refractivity contribution in [2.24, 2.45) is 5.73 Å². The lowest BCUT2D eigenvalue weighted by Crippen LogP contribution is -2.20. The average Bonchev–Trinajstić information content (AvgIpc) is 3.17. The van der Waals surface area contributed by atoms with E-state index in [0.717, 1.165) is 41.2 Å². The van der Waals surface area contributed by atoms with Crippen LogP contribution in [0, 0.1) is 6.57 Å². The van der Waals surface area contributed by atoms with E-state index in [1.165, 1.54) is 5.56 Å². The molecule has 1 aliphatic rings. The molecule has 0 saturated carbocycles. The van der Waals surface area contributed by atoms with Crippen LogP contribution in [0.5, 0.6) is 5.75 Å². The molecule has 2 N–H and O–H groups in total. The molecule has 1 heterocycles. The van der Waals surface area contributed by atoms with Crippen molar-refractivity contribution in [3.05, 3.63) is 71.2 Å². The molecule has 0 saturated heterocycles. The van der Waals surface area contributed by atoms with Crippen LogP contribution in [0.25, 0.3) is 21.8 Å². The molecule has 3 aromatic rings. The van der Waals surface area contributed by atoms with E-state index in [4.69, 9.17) is 22.1 Å². The maximum absolute atomic E-state index is 7.14. The summed E-state index contributed by atoms with van der Waals surface area (Å²) in [4.78, 5) is 3.47. The normalized spacial score (nSPS) is 15.6. The highest BCUT2D eigenvalue weighted by atomic mass is 16.5. The Morgan fingerprint density at radius 1 is 1.16 bits per heavy atom. The first kappa shape index (κ1) is 15.4. The van der Waals surface area contributed by atoms with E-state index in [2.05, 4.69) is 4.85 Å². The second kappa shape index (κ2) is 6.08. The molecule has 1 aliphatic carbocycles. The van der Waals surface area contributed by atoms with Gasteiger partial charge in [-0.25, -0.2) is 9.53 Å². The summed E-state index contributed by atoms with van der Waals surface area (Å²) in [7, 11) is 1.66. The van der Waals surface area contributed by atoms with Crippen molar-refractivity contribution in [3.8, 4) is 22.7 Å². The Labute approximate surface area is 146 Å². The second-order valence-corrected chi connectivity index (χ2v) is 6.18. The molecule has 124 valence electrons. The lowest BCUT2D eigenvalue weighted by molar-refractivity contribution is 0.411. The fraction of sp³-hybridized carbons (Fsp3) is 0.200. The molecule has 0 radical (unpaired) electrons. The summed E-state index contributed by atoms with van der Waals surface area (Å²) in [6.45, 7) is 7.14. The van der Waals surface area contributed by atoms with Gasteiger partial charge in [-0.05, 0) is 24.1 Å². The number of fused-ring (bicyclic) bond motifs is 1. The van der Waals surface area contributed by atoms with E-state index in [9.17, 15) is 0 Å². The number of hydrogen-bond acceptors (Lipinski definition) is 3. The number of para-hydroxylation sites is 2. The first-order valence-electron chi connectivity index (χ1n) is 8.19. The van der Waals surface area contributed by atoms with Crippen molar-refractivity contribution in [2.75, 3.05) is 7.11 Å². The highest BCUT2D eigenvalue weighted by Crippen LogP contribution is 2.36. The fourth-order valence-electron chi connectivity index (χ4n) is 3.43. The van der Waals surface area contributed by atoms with Crippen molar-refractivity contribution >= 4 is 5.69 Å². The number of rotatable bonds is 3. The van der Waals surface area contributed by atoms with Crippen LogP contribution >= 0.6 is 0 Å². The maximum atomic E-state index is 7.14. The van der Waals surface area contributed by atoms with Crippen molar-refractivity contribution in [1.82, 2.24) is 9.78 Å². The van der Waals surface area contributed by atoms with Gasteiger partial charge in [0.05, 0.1) is 25.1 Å². The minimum Gasteiger partial charge on any atom is -0.494 e. The van der Waals surface area contributed by atoms with E-state index in [1.54, 1.807) is 7.11 Å². The first-order chi connectivity index (χ1) is 12.2. The van der Waals surface area contributed by atoms with Gasteiger partial charge in [0.2, 0.25) is 0 Å². The predicted molar refractivity (Wildman–Crippen MR) is 97.2 cm³/mol. The summed E-state index contributed by atoms with van der Waals surface area (Å²) in [5.41, 5.74) is 12.0. The second-order valence-electron chi connectivity index (χ2n) is 6.18. The average molecular weight is 330 g/mol. The third-order valence-corrected chi connectivity index (χ3v) is 4.57. The monoisotopic (exact) mass is 330 g/mol. The number of hydrogen-bond donors (Lipinski definition) is 1. The zero-order valence-corrected chi connectivity index (χ0v) is 13.9. The molecule has 5 heteroatoms. The Bertz CT molecular complexity index is 966. The SMILES string of the molecule is [C-]#[N+]c1ccc(-c2c3c(nn2-c2ccccc2OC)C[C@@H](N)C3)cc1. The largest absolute Gasteiger partial charge is 0.494 e. The molecule has 0 bridgehead atoms. The molecule has 0 unspecified atom stereocenters. The van der Waals surface area contributed by atoms with Crippen molar-refractivity contribution in [2.45, 2.75) is 18.9 Å². The van der Waals surface area contributed by atoms with Gasteiger partial charge in [0.15, 0.2) is 5.69 Å². The first-order valence-corrected chi connectivity index (χ1v) is 8.19. The van der Waals surface area contributed by atoms with E-state index in [0.29, 0.717) is 5.69 Å². The minimum atomic E-state index is 0.117. The molecular weight excluding hydrogens is 312 g/mol. The Morgan fingerprint density at radius 2 is 1.92 bits per heavy atom. The van der Waals surface area contributed by atoms with Crippen LogP contribution in [0.4, 0.5) is 5.69 Å². The van der Waals surface area contributed by atoms with Crippen LogP contribution in [0.2, 0.25) is 0 Å². The summed E-state index contributed by atoms with van der Waals surface area (Å²) in [5.74, 6) is 0.770. The van der Waals surface area contributed by atoms with Gasteiger partial charge in [-0.15, -0.1) is 0 Å². The lowest BCUT2D eigenvalue weighted by atomic mass is 10.0. The quantitative estimate of drug-likeness (QED) is 0.748. The van der Waals surface area contributed by atoms with Gasteiger partial charge in [-0.2, -0.15) is 5.10 Å². The van der Waals surface area contributed by atoms with Crippen LogP contribution in [-0.4, -0.2) is 22.9 Å². The molecule has 1 atom stereocenters. The number of methoxy groups -OCH3 is 1. The topological polar surface area (TPSA) is 57.4 Å². The van der Waals surface area contributed by atoms with Gasteiger partial charge in [-0.3, -0.25) is 0 Å². The Balaban J connectivity index is 1.94. The number of aromatic nitrogens is 2. The van der Waals surface area contributed by atoms with Gasteiger partial charge in [0.25, 0.3) is 0 Å².